The van der Waals surface area contributed by atoms with Gasteiger partial charge >= 0.3 is 11.9 Å². The molecule has 4 rings (SSSR count). The van der Waals surface area contributed by atoms with Crippen molar-refractivity contribution in [1.29, 1.82) is 0 Å². The number of ether oxygens (including phenoxy) is 2. The number of amides is 1. The molecule has 3 aromatic carbocycles. The Balaban J connectivity index is 1.59. The molecule has 0 aliphatic carbocycles. The second-order valence-electron chi connectivity index (χ2n) is 9.57. The maximum absolute atomic E-state index is 13.7. The van der Waals surface area contributed by atoms with Gasteiger partial charge in [-0.25, -0.2) is 9.59 Å². The van der Waals surface area contributed by atoms with E-state index in [2.05, 4.69) is 5.32 Å². The maximum Gasteiger partial charge on any atom is 0.344 e. The highest BCUT2D eigenvalue weighted by molar-refractivity contribution is 6.30. The molecule has 1 aliphatic rings. The van der Waals surface area contributed by atoms with E-state index >= 15 is 0 Å². The average Bonchev–Trinajstić information content (AvgIpc) is 3.30. The number of hydrogen-bond acceptors (Lipinski definition) is 7. The number of rotatable bonds is 9. The van der Waals surface area contributed by atoms with Crippen LogP contribution in [0, 0.1) is 0 Å². The number of carbonyl (C=O) groups is 3. The van der Waals surface area contributed by atoms with Gasteiger partial charge in [-0.1, -0.05) is 54.1 Å². The molecular formula is C30H31ClN2O6. The Labute approximate surface area is 232 Å². The topological polar surface area (TPSA) is 105 Å². The minimum atomic E-state index is -1.98. The molecule has 0 saturated heterocycles. The maximum atomic E-state index is 13.7. The number of aliphatic hydroxyl groups excluding tert-OH is 1. The van der Waals surface area contributed by atoms with E-state index in [1.807, 2.05) is 25.1 Å². The molecule has 0 aromatic heterocycles. The van der Waals surface area contributed by atoms with Gasteiger partial charge in [0.05, 0.1) is 20.3 Å². The molecule has 2 atom stereocenters. The van der Waals surface area contributed by atoms with Crippen LogP contribution in [0.4, 0.5) is 5.69 Å². The van der Waals surface area contributed by atoms with E-state index in [1.54, 1.807) is 54.6 Å². The predicted molar refractivity (Wildman–Crippen MR) is 148 cm³/mol. The van der Waals surface area contributed by atoms with Crippen LogP contribution in [0.1, 0.15) is 40.1 Å². The molecule has 1 heterocycles. The number of hydrogen-bond donors (Lipinski definition) is 2. The Morgan fingerprint density at radius 3 is 2.33 bits per heavy atom. The molecule has 9 heteroatoms. The summed E-state index contributed by atoms with van der Waals surface area (Å²) in [7, 11) is 2.36. The Kier molecular flexibility index (Phi) is 8.70. The average molecular weight is 551 g/mol. The van der Waals surface area contributed by atoms with Gasteiger partial charge in [-0.2, -0.15) is 0 Å². The summed E-state index contributed by atoms with van der Waals surface area (Å²) in [6.07, 6.45) is -0.195. The lowest BCUT2D eigenvalue weighted by Gasteiger charge is -2.33. The third-order valence-electron chi connectivity index (χ3n) is 6.92. The van der Waals surface area contributed by atoms with Crippen molar-refractivity contribution in [3.05, 3.63) is 100 Å². The molecule has 39 heavy (non-hydrogen) atoms. The largest absolute Gasteiger partial charge is 0.467 e. The van der Waals surface area contributed by atoms with Gasteiger partial charge in [0.1, 0.15) is 0 Å². The quantitative estimate of drug-likeness (QED) is 0.308. The van der Waals surface area contributed by atoms with Crippen molar-refractivity contribution >= 4 is 35.1 Å². The zero-order chi connectivity index (χ0) is 28.2. The standard InChI is InChI=1S/C30H31ClN2O6/c1-19(32-18-26(34)22-10-7-11-24(31)16-22)14-20-12-13-25-23(15-20)17-30(28(36)38-2,29(37)39-3)33(25)27(35)21-8-5-4-6-9-21/h4-13,15-16,19,26,32,34H,14,17-18H2,1-3H3. The first kappa shape index (κ1) is 28.3. The number of aliphatic hydroxyl groups is 1. The molecule has 204 valence electrons. The summed E-state index contributed by atoms with van der Waals surface area (Å²) in [5.41, 5.74) is 1.10. The van der Waals surface area contributed by atoms with Crippen molar-refractivity contribution in [3.63, 3.8) is 0 Å². The van der Waals surface area contributed by atoms with Crippen LogP contribution >= 0.6 is 11.6 Å². The fraction of sp³-hybridized carbons (Fsp3) is 0.300. The Bertz CT molecular complexity index is 1350. The van der Waals surface area contributed by atoms with Crippen LogP contribution in [0.2, 0.25) is 5.02 Å². The van der Waals surface area contributed by atoms with Crippen LogP contribution in [-0.4, -0.2) is 55.3 Å². The fourth-order valence-corrected chi connectivity index (χ4v) is 5.20. The van der Waals surface area contributed by atoms with E-state index in [0.717, 1.165) is 11.1 Å². The van der Waals surface area contributed by atoms with Gasteiger partial charge in [0.2, 0.25) is 5.54 Å². The molecule has 0 radical (unpaired) electrons. The summed E-state index contributed by atoms with van der Waals surface area (Å²) in [5, 5.41) is 14.4. The Hall–Kier alpha value is -3.72. The first-order valence-electron chi connectivity index (χ1n) is 12.6. The molecular weight excluding hydrogens is 520 g/mol. The van der Waals surface area contributed by atoms with E-state index in [1.165, 1.54) is 19.1 Å². The molecule has 8 nitrogen and oxygen atoms in total. The van der Waals surface area contributed by atoms with E-state index in [4.69, 9.17) is 21.1 Å². The Morgan fingerprint density at radius 2 is 1.69 bits per heavy atom. The van der Waals surface area contributed by atoms with E-state index < -0.39 is 29.5 Å². The van der Waals surface area contributed by atoms with Crippen LogP contribution in [0.5, 0.6) is 0 Å². The molecule has 0 fully saturated rings. The molecule has 0 saturated carbocycles. The van der Waals surface area contributed by atoms with Gasteiger partial charge in [-0.15, -0.1) is 0 Å². The number of nitrogens with one attached hydrogen (secondary N) is 1. The number of anilines is 1. The van der Waals surface area contributed by atoms with Gasteiger partial charge < -0.3 is 19.9 Å². The molecule has 3 aromatic rings. The number of carbonyl (C=O) groups excluding carboxylic acids is 3. The normalized spacial score (nSPS) is 15.3. The van der Waals surface area contributed by atoms with Crippen molar-refractivity contribution in [2.45, 2.75) is 37.5 Å². The van der Waals surface area contributed by atoms with Crippen molar-refractivity contribution < 1.29 is 29.0 Å². The van der Waals surface area contributed by atoms with Crippen LogP contribution in [0.25, 0.3) is 0 Å². The second kappa shape index (κ2) is 12.0. The monoisotopic (exact) mass is 550 g/mol. The summed E-state index contributed by atoms with van der Waals surface area (Å²) in [6, 6.07) is 21.0. The highest BCUT2D eigenvalue weighted by atomic mass is 35.5. The lowest BCUT2D eigenvalue weighted by molar-refractivity contribution is -0.160. The van der Waals surface area contributed by atoms with Gasteiger partial charge in [0.15, 0.2) is 0 Å². The molecule has 0 bridgehead atoms. The van der Waals surface area contributed by atoms with Crippen LogP contribution in [0.3, 0.4) is 0 Å². The summed E-state index contributed by atoms with van der Waals surface area (Å²) in [6.45, 7) is 2.33. The number of methoxy groups -OCH3 is 2. The Morgan fingerprint density at radius 1 is 1.00 bits per heavy atom. The second-order valence-corrected chi connectivity index (χ2v) is 10.0. The molecule has 2 N–H and O–H groups in total. The van der Waals surface area contributed by atoms with Crippen molar-refractivity contribution in [3.8, 4) is 0 Å². The van der Waals surface area contributed by atoms with Crippen molar-refractivity contribution in [2.75, 3.05) is 25.7 Å². The van der Waals surface area contributed by atoms with E-state index in [-0.39, 0.29) is 12.5 Å². The number of nitrogens with zero attached hydrogens (tertiary/aromatic N) is 1. The molecule has 1 aliphatic heterocycles. The lowest BCUT2D eigenvalue weighted by Crippen LogP contribution is -2.62. The minimum Gasteiger partial charge on any atom is -0.467 e. The van der Waals surface area contributed by atoms with Crippen LogP contribution in [0.15, 0.2) is 72.8 Å². The summed E-state index contributed by atoms with van der Waals surface area (Å²) in [5.74, 6) is -2.26. The zero-order valence-corrected chi connectivity index (χ0v) is 22.8. The predicted octanol–water partition coefficient (Wildman–Crippen LogP) is 3.88. The van der Waals surface area contributed by atoms with Crippen LogP contribution < -0.4 is 10.2 Å². The van der Waals surface area contributed by atoms with Crippen LogP contribution in [-0.2, 0) is 31.9 Å². The molecule has 0 spiro atoms. The third-order valence-corrected chi connectivity index (χ3v) is 7.15. The highest BCUT2D eigenvalue weighted by Gasteiger charge is 2.60. The van der Waals surface area contributed by atoms with Gasteiger partial charge in [-0.05, 0) is 60.4 Å². The minimum absolute atomic E-state index is 0.00804. The number of fused-ring (bicyclic) bond motifs is 1. The number of esters is 2. The SMILES string of the molecule is COC(=O)C1(C(=O)OC)Cc2cc(CC(C)NCC(O)c3cccc(Cl)c3)ccc2N1C(=O)c1ccccc1. The lowest BCUT2D eigenvalue weighted by atomic mass is 9.92. The zero-order valence-electron chi connectivity index (χ0n) is 22.0. The fourth-order valence-electron chi connectivity index (χ4n) is 5.00. The van der Waals surface area contributed by atoms with E-state index in [9.17, 15) is 19.5 Å². The first-order valence-corrected chi connectivity index (χ1v) is 12.9. The molecule has 1 amide bonds. The van der Waals surface area contributed by atoms with Gasteiger partial charge in [-0.3, -0.25) is 9.69 Å². The highest BCUT2D eigenvalue weighted by Crippen LogP contribution is 2.42. The van der Waals surface area contributed by atoms with Gasteiger partial charge in [0, 0.05) is 35.3 Å². The summed E-state index contributed by atoms with van der Waals surface area (Å²) >= 11 is 6.03. The van der Waals surface area contributed by atoms with E-state index in [0.29, 0.717) is 34.8 Å². The third kappa shape index (κ3) is 5.68. The summed E-state index contributed by atoms with van der Waals surface area (Å²) < 4.78 is 10.1. The van der Waals surface area contributed by atoms with Crippen molar-refractivity contribution in [2.24, 2.45) is 0 Å². The van der Waals surface area contributed by atoms with Gasteiger partial charge in [0.25, 0.3) is 5.91 Å². The smallest absolute Gasteiger partial charge is 0.344 e. The number of halogens is 1. The molecule has 2 unspecified atom stereocenters. The number of benzene rings is 3. The summed E-state index contributed by atoms with van der Waals surface area (Å²) in [4.78, 5) is 41.2. The van der Waals surface area contributed by atoms with Crippen molar-refractivity contribution in [1.82, 2.24) is 5.32 Å². The first-order chi connectivity index (χ1) is 18.7.